The Hall–Kier alpha value is -1.37. The van der Waals surface area contributed by atoms with Crippen LogP contribution in [0.2, 0.25) is 0 Å². The number of hydrogen-bond acceptors (Lipinski definition) is 4. The van der Waals surface area contributed by atoms with Gasteiger partial charge in [0.25, 0.3) is 5.91 Å². The Bertz CT molecular complexity index is 901. The lowest BCUT2D eigenvalue weighted by Gasteiger charge is -2.23. The SMILES string of the molecule is Cc1nn(C(C)(C)C)c2nc(C3CC3)cc(C(=O)N3CC(CN)CC3C)c12.Cl.Cl. The van der Waals surface area contributed by atoms with E-state index in [4.69, 9.17) is 15.8 Å². The highest BCUT2D eigenvalue weighted by molar-refractivity contribution is 6.07. The first kappa shape index (κ1) is 23.9. The number of rotatable bonds is 3. The summed E-state index contributed by atoms with van der Waals surface area (Å²) in [5.41, 5.74) is 9.21. The van der Waals surface area contributed by atoms with E-state index < -0.39 is 0 Å². The van der Waals surface area contributed by atoms with Crippen LogP contribution in [0.15, 0.2) is 6.07 Å². The summed E-state index contributed by atoms with van der Waals surface area (Å²) in [7, 11) is 0. The topological polar surface area (TPSA) is 77.0 Å². The number of nitrogens with two attached hydrogens (primary N) is 1. The van der Waals surface area contributed by atoms with Crippen molar-refractivity contribution in [1.29, 1.82) is 0 Å². The van der Waals surface area contributed by atoms with Crippen LogP contribution in [0.3, 0.4) is 0 Å². The van der Waals surface area contributed by atoms with E-state index in [0.717, 1.165) is 53.8 Å². The highest BCUT2D eigenvalue weighted by Gasteiger charge is 2.35. The Labute approximate surface area is 185 Å². The average Bonchev–Trinajstić information content (AvgIpc) is 3.31. The molecule has 2 aromatic rings. The Morgan fingerprint density at radius 2 is 1.93 bits per heavy atom. The van der Waals surface area contributed by atoms with Crippen molar-refractivity contribution in [2.75, 3.05) is 13.1 Å². The molecule has 2 atom stereocenters. The van der Waals surface area contributed by atoms with Gasteiger partial charge in [0.2, 0.25) is 0 Å². The minimum absolute atomic E-state index is 0. The van der Waals surface area contributed by atoms with E-state index in [1.54, 1.807) is 0 Å². The second-order valence-corrected chi connectivity index (χ2v) is 9.38. The largest absolute Gasteiger partial charge is 0.336 e. The van der Waals surface area contributed by atoms with Gasteiger partial charge in [-0.25, -0.2) is 9.67 Å². The molecule has 0 spiro atoms. The van der Waals surface area contributed by atoms with Gasteiger partial charge in [-0.1, -0.05) is 0 Å². The quantitative estimate of drug-likeness (QED) is 0.779. The van der Waals surface area contributed by atoms with Crippen LogP contribution in [0, 0.1) is 12.8 Å². The van der Waals surface area contributed by atoms with Gasteiger partial charge in [-0.05, 0) is 72.4 Å². The van der Waals surface area contributed by atoms with E-state index in [2.05, 4.69) is 27.7 Å². The first-order valence-electron chi connectivity index (χ1n) is 10.1. The van der Waals surface area contributed by atoms with Crippen LogP contribution in [0.5, 0.6) is 0 Å². The van der Waals surface area contributed by atoms with Crippen molar-refractivity contribution >= 4 is 41.8 Å². The summed E-state index contributed by atoms with van der Waals surface area (Å²) in [6, 6.07) is 2.25. The Morgan fingerprint density at radius 1 is 1.28 bits per heavy atom. The summed E-state index contributed by atoms with van der Waals surface area (Å²) in [5, 5.41) is 5.67. The third-order valence-electron chi connectivity index (χ3n) is 5.95. The Kier molecular flexibility index (Phi) is 6.93. The summed E-state index contributed by atoms with van der Waals surface area (Å²) in [4.78, 5) is 20.5. The van der Waals surface area contributed by atoms with E-state index in [1.165, 1.54) is 0 Å². The molecule has 4 rings (SSSR count). The first-order chi connectivity index (χ1) is 12.7. The number of hydrogen-bond donors (Lipinski definition) is 1. The van der Waals surface area contributed by atoms with Crippen LogP contribution in [0.4, 0.5) is 0 Å². The summed E-state index contributed by atoms with van der Waals surface area (Å²) in [5.74, 6) is 0.976. The number of halogens is 2. The lowest BCUT2D eigenvalue weighted by molar-refractivity contribution is 0.0745. The van der Waals surface area contributed by atoms with E-state index >= 15 is 0 Å². The van der Waals surface area contributed by atoms with Crippen molar-refractivity contribution in [2.45, 2.75) is 71.4 Å². The number of aryl methyl sites for hydroxylation is 1. The highest BCUT2D eigenvalue weighted by Crippen LogP contribution is 2.41. The lowest BCUT2D eigenvalue weighted by Crippen LogP contribution is -2.34. The van der Waals surface area contributed by atoms with Gasteiger partial charge in [-0.2, -0.15) is 5.10 Å². The highest BCUT2D eigenvalue weighted by atomic mass is 35.5. The minimum Gasteiger partial charge on any atom is -0.336 e. The van der Waals surface area contributed by atoms with Gasteiger partial charge in [0.15, 0.2) is 5.65 Å². The van der Waals surface area contributed by atoms with Crippen LogP contribution >= 0.6 is 24.8 Å². The fourth-order valence-corrected chi connectivity index (χ4v) is 4.28. The third kappa shape index (κ3) is 4.25. The van der Waals surface area contributed by atoms with Gasteiger partial charge in [-0.3, -0.25) is 4.79 Å². The van der Waals surface area contributed by atoms with Crippen LogP contribution in [0.25, 0.3) is 11.0 Å². The molecule has 0 bridgehead atoms. The van der Waals surface area contributed by atoms with Crippen molar-refractivity contribution in [3.05, 3.63) is 23.0 Å². The third-order valence-corrected chi connectivity index (χ3v) is 5.95. The molecule has 1 aliphatic heterocycles. The zero-order chi connectivity index (χ0) is 19.5. The standard InChI is InChI=1S/C21H31N5O.2ClH/c1-12-8-14(10-22)11-25(12)20(27)16-9-17(15-6-7-15)23-19-18(16)13(2)24-26(19)21(3,4)5;;/h9,12,14-15H,6-8,10-11,22H2,1-5H3;2*1H. The summed E-state index contributed by atoms with van der Waals surface area (Å²) in [6.45, 7) is 11.9. The van der Waals surface area contributed by atoms with Gasteiger partial charge >= 0.3 is 0 Å². The number of nitrogens with zero attached hydrogens (tertiary/aromatic N) is 4. The van der Waals surface area contributed by atoms with Gasteiger partial charge in [-0.15, -0.1) is 24.8 Å². The monoisotopic (exact) mass is 441 g/mol. The molecule has 162 valence electrons. The maximum absolute atomic E-state index is 13.6. The van der Waals surface area contributed by atoms with E-state index in [9.17, 15) is 4.79 Å². The van der Waals surface area contributed by atoms with E-state index in [1.807, 2.05) is 22.6 Å². The van der Waals surface area contributed by atoms with Crippen LogP contribution in [-0.2, 0) is 5.54 Å². The number of amides is 1. The Morgan fingerprint density at radius 3 is 2.45 bits per heavy atom. The summed E-state index contributed by atoms with van der Waals surface area (Å²) in [6.07, 6.45) is 3.29. The molecule has 1 amide bonds. The van der Waals surface area contributed by atoms with E-state index in [-0.39, 0.29) is 42.3 Å². The number of pyridine rings is 1. The molecule has 2 aliphatic rings. The van der Waals surface area contributed by atoms with Gasteiger partial charge < -0.3 is 10.6 Å². The molecule has 1 aliphatic carbocycles. The van der Waals surface area contributed by atoms with Gasteiger partial charge in [0, 0.05) is 24.2 Å². The molecule has 3 heterocycles. The zero-order valence-corrected chi connectivity index (χ0v) is 19.6. The maximum Gasteiger partial charge on any atom is 0.254 e. The lowest BCUT2D eigenvalue weighted by atomic mass is 10.1. The molecule has 1 saturated heterocycles. The average molecular weight is 442 g/mol. The molecule has 29 heavy (non-hydrogen) atoms. The van der Waals surface area contributed by atoms with Crippen molar-refractivity contribution in [2.24, 2.45) is 11.7 Å². The van der Waals surface area contributed by atoms with Gasteiger partial charge in [0.1, 0.15) is 0 Å². The molecule has 0 radical (unpaired) electrons. The molecular weight excluding hydrogens is 409 g/mol. The van der Waals surface area contributed by atoms with Crippen LogP contribution < -0.4 is 5.73 Å². The predicted molar refractivity (Wildman–Crippen MR) is 121 cm³/mol. The fraction of sp³-hybridized carbons (Fsp3) is 0.667. The maximum atomic E-state index is 13.6. The van der Waals surface area contributed by atoms with E-state index in [0.29, 0.717) is 18.4 Å². The van der Waals surface area contributed by atoms with Crippen LogP contribution in [-0.4, -0.2) is 44.7 Å². The van der Waals surface area contributed by atoms with Gasteiger partial charge in [0.05, 0.1) is 22.2 Å². The van der Waals surface area contributed by atoms with Crippen molar-refractivity contribution in [1.82, 2.24) is 19.7 Å². The molecule has 1 saturated carbocycles. The molecular formula is C21H33Cl2N5O. The second-order valence-electron chi connectivity index (χ2n) is 9.38. The minimum atomic E-state index is -0.187. The number of likely N-dealkylation sites (tertiary alicyclic amines) is 1. The molecule has 2 unspecified atom stereocenters. The summed E-state index contributed by atoms with van der Waals surface area (Å²) >= 11 is 0. The first-order valence-corrected chi connectivity index (χ1v) is 10.1. The molecule has 8 heteroatoms. The molecule has 2 fully saturated rings. The Balaban J connectivity index is 0.00000150. The molecule has 6 nitrogen and oxygen atoms in total. The number of carbonyl (C=O) groups excluding carboxylic acids is 1. The number of fused-ring (bicyclic) bond motifs is 1. The zero-order valence-electron chi connectivity index (χ0n) is 17.9. The molecule has 2 aromatic heterocycles. The summed E-state index contributed by atoms with van der Waals surface area (Å²) < 4.78 is 1.98. The number of carbonyl (C=O) groups is 1. The molecule has 0 aromatic carbocycles. The second kappa shape index (κ2) is 8.40. The van der Waals surface area contributed by atoms with Crippen molar-refractivity contribution in [3.63, 3.8) is 0 Å². The van der Waals surface area contributed by atoms with Crippen LogP contribution in [0.1, 0.15) is 74.6 Å². The normalized spacial score (nSPS) is 21.8. The smallest absolute Gasteiger partial charge is 0.254 e. The van der Waals surface area contributed by atoms with Crippen molar-refractivity contribution < 1.29 is 4.79 Å². The molecule has 2 N–H and O–H groups in total. The van der Waals surface area contributed by atoms with Crippen molar-refractivity contribution in [3.8, 4) is 0 Å². The fourth-order valence-electron chi connectivity index (χ4n) is 4.28. The predicted octanol–water partition coefficient (Wildman–Crippen LogP) is 4.03. The number of aromatic nitrogens is 3.